The van der Waals surface area contributed by atoms with Crippen molar-refractivity contribution in [2.24, 2.45) is 5.73 Å². The van der Waals surface area contributed by atoms with Crippen LogP contribution < -0.4 is 20.1 Å². The predicted octanol–water partition coefficient (Wildman–Crippen LogP) is 2.62. The Morgan fingerprint density at radius 3 is 2.55 bits per heavy atom. The van der Waals surface area contributed by atoms with Gasteiger partial charge in [0.25, 0.3) is 0 Å². The van der Waals surface area contributed by atoms with Crippen molar-refractivity contribution in [1.29, 1.82) is 5.41 Å². The standard InChI is InChI=1S/C17H21N3O2/c1-20(2)14-6-4-5-12(9-14)11-22-15-8-7-13(17(18)19)10-16(15)21-3/h4-10H,11H2,1-3H3,(H3,18,19). The highest BCUT2D eigenvalue weighted by atomic mass is 16.5. The van der Waals surface area contributed by atoms with Crippen molar-refractivity contribution >= 4 is 11.5 Å². The Morgan fingerprint density at radius 1 is 1.14 bits per heavy atom. The van der Waals surface area contributed by atoms with Crippen LogP contribution in [0.4, 0.5) is 5.69 Å². The number of amidine groups is 1. The van der Waals surface area contributed by atoms with Crippen LogP contribution in [0.3, 0.4) is 0 Å². The molecule has 5 nitrogen and oxygen atoms in total. The minimum Gasteiger partial charge on any atom is -0.493 e. The van der Waals surface area contributed by atoms with Gasteiger partial charge in [0.1, 0.15) is 12.4 Å². The van der Waals surface area contributed by atoms with Crippen LogP contribution in [0, 0.1) is 5.41 Å². The summed E-state index contributed by atoms with van der Waals surface area (Å²) in [5.41, 5.74) is 8.29. The lowest BCUT2D eigenvalue weighted by Crippen LogP contribution is -2.11. The topological polar surface area (TPSA) is 71.6 Å². The molecule has 0 saturated heterocycles. The van der Waals surface area contributed by atoms with Crippen LogP contribution in [-0.2, 0) is 6.61 Å². The maximum absolute atomic E-state index is 7.45. The minimum atomic E-state index is 0.00327. The van der Waals surface area contributed by atoms with Crippen molar-refractivity contribution in [3.05, 3.63) is 53.6 Å². The summed E-state index contributed by atoms with van der Waals surface area (Å²) >= 11 is 0. The molecule has 0 radical (unpaired) electrons. The summed E-state index contributed by atoms with van der Waals surface area (Å²) in [7, 11) is 5.58. The molecule has 22 heavy (non-hydrogen) atoms. The first kappa shape index (κ1) is 15.7. The maximum atomic E-state index is 7.45. The number of hydrogen-bond donors (Lipinski definition) is 2. The molecule has 2 aromatic carbocycles. The van der Waals surface area contributed by atoms with E-state index in [9.17, 15) is 0 Å². The fraction of sp³-hybridized carbons (Fsp3) is 0.235. The molecule has 0 heterocycles. The van der Waals surface area contributed by atoms with Crippen LogP contribution in [0.2, 0.25) is 0 Å². The van der Waals surface area contributed by atoms with Gasteiger partial charge in [0, 0.05) is 25.3 Å². The summed E-state index contributed by atoms with van der Waals surface area (Å²) in [5, 5.41) is 7.45. The number of nitrogen functional groups attached to an aromatic ring is 1. The van der Waals surface area contributed by atoms with E-state index >= 15 is 0 Å². The molecule has 0 bridgehead atoms. The van der Waals surface area contributed by atoms with Gasteiger partial charge in [-0.05, 0) is 35.9 Å². The van der Waals surface area contributed by atoms with E-state index in [4.69, 9.17) is 20.6 Å². The van der Waals surface area contributed by atoms with E-state index in [0.717, 1.165) is 11.3 Å². The van der Waals surface area contributed by atoms with E-state index in [0.29, 0.717) is 23.7 Å². The molecule has 0 aromatic heterocycles. The Morgan fingerprint density at radius 2 is 1.91 bits per heavy atom. The number of nitrogens with one attached hydrogen (secondary N) is 1. The van der Waals surface area contributed by atoms with Gasteiger partial charge in [-0.3, -0.25) is 5.41 Å². The van der Waals surface area contributed by atoms with Gasteiger partial charge in [0.05, 0.1) is 7.11 Å². The minimum absolute atomic E-state index is 0.00327. The molecule has 3 N–H and O–H groups in total. The number of methoxy groups -OCH3 is 1. The molecule has 0 unspecified atom stereocenters. The molecule has 0 atom stereocenters. The van der Waals surface area contributed by atoms with Gasteiger partial charge in [-0.25, -0.2) is 0 Å². The number of rotatable bonds is 6. The fourth-order valence-electron chi connectivity index (χ4n) is 2.04. The number of ether oxygens (including phenoxy) is 2. The Kier molecular flexibility index (Phi) is 4.88. The third-order valence-corrected chi connectivity index (χ3v) is 3.30. The van der Waals surface area contributed by atoms with Gasteiger partial charge in [-0.1, -0.05) is 12.1 Å². The van der Waals surface area contributed by atoms with Crippen molar-refractivity contribution in [2.45, 2.75) is 6.61 Å². The zero-order chi connectivity index (χ0) is 16.1. The summed E-state index contributed by atoms with van der Waals surface area (Å²) in [6.45, 7) is 0.442. The molecule has 0 aliphatic heterocycles. The largest absolute Gasteiger partial charge is 0.493 e. The molecule has 0 aliphatic rings. The van der Waals surface area contributed by atoms with Gasteiger partial charge in [0.2, 0.25) is 0 Å². The van der Waals surface area contributed by atoms with E-state index in [1.807, 2.05) is 37.2 Å². The summed E-state index contributed by atoms with van der Waals surface area (Å²) in [6.07, 6.45) is 0. The van der Waals surface area contributed by atoms with Crippen LogP contribution in [-0.4, -0.2) is 27.0 Å². The van der Waals surface area contributed by atoms with Crippen molar-refractivity contribution < 1.29 is 9.47 Å². The van der Waals surface area contributed by atoms with Crippen LogP contribution in [0.5, 0.6) is 11.5 Å². The average molecular weight is 299 g/mol. The summed E-state index contributed by atoms with van der Waals surface area (Å²) < 4.78 is 11.1. The van der Waals surface area contributed by atoms with Crippen molar-refractivity contribution in [3.8, 4) is 11.5 Å². The second-order valence-electron chi connectivity index (χ2n) is 5.13. The van der Waals surface area contributed by atoms with Crippen LogP contribution in [0.15, 0.2) is 42.5 Å². The second-order valence-corrected chi connectivity index (χ2v) is 5.13. The summed E-state index contributed by atoms with van der Waals surface area (Å²) in [4.78, 5) is 2.05. The zero-order valence-electron chi connectivity index (χ0n) is 13.1. The van der Waals surface area contributed by atoms with Gasteiger partial charge in [-0.15, -0.1) is 0 Å². The Labute approximate surface area is 130 Å². The lowest BCUT2D eigenvalue weighted by atomic mass is 10.2. The highest BCUT2D eigenvalue weighted by Crippen LogP contribution is 2.29. The Balaban J connectivity index is 2.14. The number of nitrogens with zero attached hydrogens (tertiary/aromatic N) is 1. The highest BCUT2D eigenvalue weighted by Gasteiger charge is 2.08. The fourth-order valence-corrected chi connectivity index (χ4v) is 2.04. The van der Waals surface area contributed by atoms with Crippen molar-refractivity contribution in [1.82, 2.24) is 0 Å². The monoisotopic (exact) mass is 299 g/mol. The molecule has 0 spiro atoms. The molecule has 116 valence electrons. The van der Waals surface area contributed by atoms with Gasteiger partial charge >= 0.3 is 0 Å². The van der Waals surface area contributed by atoms with E-state index in [1.54, 1.807) is 25.3 Å². The van der Waals surface area contributed by atoms with Gasteiger partial charge in [-0.2, -0.15) is 0 Å². The first-order valence-electron chi connectivity index (χ1n) is 6.92. The highest BCUT2D eigenvalue weighted by molar-refractivity contribution is 5.95. The molecular weight excluding hydrogens is 278 g/mol. The van der Waals surface area contributed by atoms with Crippen LogP contribution in [0.1, 0.15) is 11.1 Å². The Bertz CT molecular complexity index is 669. The zero-order valence-corrected chi connectivity index (χ0v) is 13.1. The lowest BCUT2D eigenvalue weighted by molar-refractivity contribution is 0.284. The molecular formula is C17H21N3O2. The molecule has 0 saturated carbocycles. The number of hydrogen-bond acceptors (Lipinski definition) is 4. The first-order valence-corrected chi connectivity index (χ1v) is 6.92. The van der Waals surface area contributed by atoms with Gasteiger partial charge in [0.15, 0.2) is 11.5 Å². The van der Waals surface area contributed by atoms with Crippen molar-refractivity contribution in [3.63, 3.8) is 0 Å². The number of anilines is 1. The second kappa shape index (κ2) is 6.85. The van der Waals surface area contributed by atoms with Crippen molar-refractivity contribution in [2.75, 3.05) is 26.1 Å². The quantitative estimate of drug-likeness (QED) is 0.635. The van der Waals surface area contributed by atoms with Crippen LogP contribution in [0.25, 0.3) is 0 Å². The van der Waals surface area contributed by atoms with E-state index in [2.05, 4.69) is 6.07 Å². The lowest BCUT2D eigenvalue weighted by Gasteiger charge is -2.15. The van der Waals surface area contributed by atoms with E-state index in [1.165, 1.54) is 0 Å². The van der Waals surface area contributed by atoms with Crippen LogP contribution >= 0.6 is 0 Å². The summed E-state index contributed by atoms with van der Waals surface area (Å²) in [5.74, 6) is 1.20. The number of benzene rings is 2. The van der Waals surface area contributed by atoms with E-state index in [-0.39, 0.29) is 5.84 Å². The molecule has 2 rings (SSSR count). The molecule has 2 aromatic rings. The third-order valence-electron chi connectivity index (χ3n) is 3.30. The SMILES string of the molecule is COc1cc(C(=N)N)ccc1OCc1cccc(N(C)C)c1. The van der Waals surface area contributed by atoms with E-state index < -0.39 is 0 Å². The third kappa shape index (κ3) is 3.69. The maximum Gasteiger partial charge on any atom is 0.161 e. The normalized spacial score (nSPS) is 10.1. The summed E-state index contributed by atoms with van der Waals surface area (Å²) in [6, 6.07) is 13.4. The molecule has 0 amide bonds. The molecule has 5 heteroatoms. The number of nitrogens with two attached hydrogens (primary N) is 1. The Hall–Kier alpha value is -2.69. The van der Waals surface area contributed by atoms with Gasteiger partial charge < -0.3 is 20.1 Å². The predicted molar refractivity (Wildman–Crippen MR) is 89.1 cm³/mol. The average Bonchev–Trinajstić information content (AvgIpc) is 2.52. The smallest absolute Gasteiger partial charge is 0.161 e. The first-order chi connectivity index (χ1) is 10.5. The molecule has 0 fully saturated rings. The molecule has 0 aliphatic carbocycles.